The molecule has 0 unspecified atom stereocenters. The van der Waals surface area contributed by atoms with Crippen LogP contribution in [-0.2, 0) is 0 Å². The number of aromatic nitrogens is 1. The molecule has 2 heterocycles. The second-order valence-corrected chi connectivity index (χ2v) is 4.32. The number of carbonyl (C=O) groups is 1. The van der Waals surface area contributed by atoms with Crippen molar-refractivity contribution in [3.05, 3.63) is 24.1 Å². The molecule has 2 N–H and O–H groups in total. The average Bonchev–Trinajstić information content (AvgIpc) is 2.75. The predicted molar refractivity (Wildman–Crippen MR) is 62.4 cm³/mol. The molecule has 0 bridgehead atoms. The number of carbonyl (C=O) groups excluding carboxylic acids is 1. The zero-order valence-corrected chi connectivity index (χ0v) is 9.54. The Kier molecular flexibility index (Phi) is 2.99. The summed E-state index contributed by atoms with van der Waals surface area (Å²) in [5, 5.41) is 2.87. The standard InChI is InChI=1S/C12H16N2O2/c1-8(2)3-5-13-12(15)10-7-11-9(14-10)4-6-16-11/h4,6-8,14H,3,5H2,1-2H3,(H,13,15). The van der Waals surface area contributed by atoms with Gasteiger partial charge in [-0.3, -0.25) is 4.79 Å². The van der Waals surface area contributed by atoms with E-state index in [1.54, 1.807) is 18.4 Å². The van der Waals surface area contributed by atoms with Crippen molar-refractivity contribution in [3.8, 4) is 0 Å². The van der Waals surface area contributed by atoms with Crippen molar-refractivity contribution in [1.29, 1.82) is 0 Å². The molecule has 0 aliphatic rings. The van der Waals surface area contributed by atoms with E-state index >= 15 is 0 Å². The smallest absolute Gasteiger partial charge is 0.267 e. The summed E-state index contributed by atoms with van der Waals surface area (Å²) in [4.78, 5) is 14.7. The van der Waals surface area contributed by atoms with Crippen LogP contribution in [0.25, 0.3) is 11.1 Å². The van der Waals surface area contributed by atoms with Gasteiger partial charge in [-0.15, -0.1) is 0 Å². The first-order chi connectivity index (χ1) is 7.66. The molecule has 0 aliphatic carbocycles. The first-order valence-electron chi connectivity index (χ1n) is 5.51. The van der Waals surface area contributed by atoms with Crippen LogP contribution in [0.15, 0.2) is 22.8 Å². The van der Waals surface area contributed by atoms with Crippen molar-refractivity contribution in [1.82, 2.24) is 10.3 Å². The van der Waals surface area contributed by atoms with E-state index in [1.165, 1.54) is 0 Å². The van der Waals surface area contributed by atoms with Gasteiger partial charge in [0, 0.05) is 18.7 Å². The SMILES string of the molecule is CC(C)CCNC(=O)c1cc2occc2[nH]1. The highest BCUT2D eigenvalue weighted by Gasteiger charge is 2.10. The van der Waals surface area contributed by atoms with E-state index < -0.39 is 0 Å². The summed E-state index contributed by atoms with van der Waals surface area (Å²) < 4.78 is 5.18. The van der Waals surface area contributed by atoms with Gasteiger partial charge in [0.2, 0.25) is 0 Å². The van der Waals surface area contributed by atoms with Crippen LogP contribution < -0.4 is 5.32 Å². The lowest BCUT2D eigenvalue weighted by molar-refractivity contribution is 0.0948. The highest BCUT2D eigenvalue weighted by atomic mass is 16.3. The Hall–Kier alpha value is -1.71. The van der Waals surface area contributed by atoms with Crippen LogP contribution in [-0.4, -0.2) is 17.4 Å². The van der Waals surface area contributed by atoms with Gasteiger partial charge in [0.15, 0.2) is 5.58 Å². The lowest BCUT2D eigenvalue weighted by Crippen LogP contribution is -2.25. The second-order valence-electron chi connectivity index (χ2n) is 4.32. The summed E-state index contributed by atoms with van der Waals surface area (Å²) >= 11 is 0. The molecular formula is C12H16N2O2. The summed E-state index contributed by atoms with van der Waals surface area (Å²) in [6.07, 6.45) is 2.59. The molecule has 86 valence electrons. The van der Waals surface area contributed by atoms with Gasteiger partial charge in [0.05, 0.1) is 11.8 Å². The zero-order chi connectivity index (χ0) is 11.5. The number of fused-ring (bicyclic) bond motifs is 1. The number of aromatic amines is 1. The molecule has 0 aliphatic heterocycles. The molecule has 2 rings (SSSR count). The van der Waals surface area contributed by atoms with Gasteiger partial charge in [0.25, 0.3) is 5.91 Å². The number of rotatable bonds is 4. The molecule has 4 heteroatoms. The van der Waals surface area contributed by atoms with E-state index in [1.807, 2.05) is 0 Å². The van der Waals surface area contributed by atoms with Crippen molar-refractivity contribution < 1.29 is 9.21 Å². The maximum absolute atomic E-state index is 11.7. The lowest BCUT2D eigenvalue weighted by Gasteiger charge is -2.05. The number of furan rings is 1. The zero-order valence-electron chi connectivity index (χ0n) is 9.54. The van der Waals surface area contributed by atoms with E-state index in [9.17, 15) is 4.79 Å². The number of nitrogens with one attached hydrogen (secondary N) is 2. The van der Waals surface area contributed by atoms with Crippen molar-refractivity contribution in [2.24, 2.45) is 5.92 Å². The molecular weight excluding hydrogens is 204 g/mol. The van der Waals surface area contributed by atoms with Gasteiger partial charge in [-0.25, -0.2) is 0 Å². The minimum Gasteiger partial charge on any atom is -0.463 e. The molecule has 0 spiro atoms. The highest BCUT2D eigenvalue weighted by molar-refractivity contribution is 5.96. The third kappa shape index (κ3) is 2.27. The number of hydrogen-bond acceptors (Lipinski definition) is 2. The third-order valence-corrected chi connectivity index (χ3v) is 2.49. The Morgan fingerprint density at radius 1 is 1.56 bits per heavy atom. The Morgan fingerprint density at radius 3 is 3.06 bits per heavy atom. The van der Waals surface area contributed by atoms with Crippen molar-refractivity contribution in [2.45, 2.75) is 20.3 Å². The maximum Gasteiger partial charge on any atom is 0.267 e. The minimum absolute atomic E-state index is 0.0768. The van der Waals surface area contributed by atoms with Crippen LogP contribution in [0.2, 0.25) is 0 Å². The van der Waals surface area contributed by atoms with Crippen LogP contribution in [0, 0.1) is 5.92 Å². The number of amides is 1. The molecule has 0 atom stereocenters. The summed E-state index contributed by atoms with van der Waals surface area (Å²) in [7, 11) is 0. The molecule has 4 nitrogen and oxygen atoms in total. The third-order valence-electron chi connectivity index (χ3n) is 2.49. The van der Waals surface area contributed by atoms with Gasteiger partial charge < -0.3 is 14.7 Å². The number of hydrogen-bond donors (Lipinski definition) is 2. The van der Waals surface area contributed by atoms with E-state index in [-0.39, 0.29) is 5.91 Å². The Balaban J connectivity index is 1.97. The van der Waals surface area contributed by atoms with Crippen LogP contribution in [0.4, 0.5) is 0 Å². The molecule has 2 aromatic rings. The molecule has 0 aromatic carbocycles. The largest absolute Gasteiger partial charge is 0.463 e. The van der Waals surface area contributed by atoms with Gasteiger partial charge in [0.1, 0.15) is 5.69 Å². The molecule has 0 fully saturated rings. The van der Waals surface area contributed by atoms with Crippen LogP contribution in [0.1, 0.15) is 30.8 Å². The average molecular weight is 220 g/mol. The van der Waals surface area contributed by atoms with Crippen molar-refractivity contribution in [2.75, 3.05) is 6.54 Å². The summed E-state index contributed by atoms with van der Waals surface area (Å²) in [6.45, 7) is 4.97. The molecule has 16 heavy (non-hydrogen) atoms. The minimum atomic E-state index is -0.0768. The lowest BCUT2D eigenvalue weighted by atomic mass is 10.1. The highest BCUT2D eigenvalue weighted by Crippen LogP contribution is 2.15. The van der Waals surface area contributed by atoms with E-state index in [0.29, 0.717) is 23.7 Å². The fourth-order valence-corrected chi connectivity index (χ4v) is 1.54. The monoisotopic (exact) mass is 220 g/mol. The van der Waals surface area contributed by atoms with Gasteiger partial charge in [-0.2, -0.15) is 0 Å². The van der Waals surface area contributed by atoms with Crippen LogP contribution in [0.3, 0.4) is 0 Å². The van der Waals surface area contributed by atoms with Gasteiger partial charge in [-0.1, -0.05) is 13.8 Å². The topological polar surface area (TPSA) is 58.0 Å². The first-order valence-corrected chi connectivity index (χ1v) is 5.51. The number of H-pyrrole nitrogens is 1. The first kappa shape index (κ1) is 10.8. The van der Waals surface area contributed by atoms with E-state index in [0.717, 1.165) is 11.9 Å². The van der Waals surface area contributed by atoms with Gasteiger partial charge >= 0.3 is 0 Å². The van der Waals surface area contributed by atoms with Crippen molar-refractivity contribution >= 4 is 17.0 Å². The van der Waals surface area contributed by atoms with E-state index in [4.69, 9.17) is 4.42 Å². The molecule has 0 saturated heterocycles. The quantitative estimate of drug-likeness (QED) is 0.831. The van der Waals surface area contributed by atoms with Crippen LogP contribution >= 0.6 is 0 Å². The Labute approximate surface area is 94.0 Å². The molecule has 1 amide bonds. The maximum atomic E-state index is 11.7. The Morgan fingerprint density at radius 2 is 2.38 bits per heavy atom. The van der Waals surface area contributed by atoms with Crippen molar-refractivity contribution in [3.63, 3.8) is 0 Å². The predicted octanol–water partition coefficient (Wildman–Crippen LogP) is 2.54. The summed E-state index contributed by atoms with van der Waals surface area (Å²) in [5.41, 5.74) is 2.13. The van der Waals surface area contributed by atoms with E-state index in [2.05, 4.69) is 24.1 Å². The Bertz CT molecular complexity index is 453. The molecule has 0 saturated carbocycles. The fraction of sp³-hybridized carbons (Fsp3) is 0.417. The molecule has 2 aromatic heterocycles. The van der Waals surface area contributed by atoms with Gasteiger partial charge in [-0.05, 0) is 12.3 Å². The van der Waals surface area contributed by atoms with Crippen LogP contribution in [0.5, 0.6) is 0 Å². The summed E-state index contributed by atoms with van der Waals surface area (Å²) in [5.74, 6) is 0.521. The second kappa shape index (κ2) is 4.43. The summed E-state index contributed by atoms with van der Waals surface area (Å²) in [6, 6.07) is 3.53. The molecule has 0 radical (unpaired) electrons. The normalized spacial score (nSPS) is 11.2. The fourth-order valence-electron chi connectivity index (χ4n) is 1.54.